The van der Waals surface area contributed by atoms with Gasteiger partial charge in [-0.3, -0.25) is 0 Å². The van der Waals surface area contributed by atoms with Gasteiger partial charge in [0.25, 0.3) is 10.0 Å². The lowest BCUT2D eigenvalue weighted by Gasteiger charge is -2.31. The Labute approximate surface area is 113 Å². The lowest BCUT2D eigenvalue weighted by Crippen LogP contribution is -2.45. The van der Waals surface area contributed by atoms with Gasteiger partial charge in [0, 0.05) is 26.3 Å². The highest BCUT2D eigenvalue weighted by atomic mass is 32.2. The van der Waals surface area contributed by atoms with Crippen molar-refractivity contribution in [2.24, 2.45) is 0 Å². The molecule has 106 valence electrons. The maximum absolute atomic E-state index is 12.6. The molecule has 1 aliphatic heterocycles. The Morgan fingerprint density at radius 3 is 3.05 bits per heavy atom. The molecule has 0 spiro atoms. The molecule has 0 saturated carbocycles. The number of ether oxygens (including phenoxy) is 1. The van der Waals surface area contributed by atoms with E-state index in [1.54, 1.807) is 19.2 Å². The molecule has 0 amide bonds. The van der Waals surface area contributed by atoms with Crippen molar-refractivity contribution in [3.8, 4) is 0 Å². The van der Waals surface area contributed by atoms with E-state index in [-0.39, 0.29) is 11.1 Å². The first-order valence-corrected chi connectivity index (χ1v) is 7.78. The monoisotopic (exact) mass is 285 g/mol. The van der Waals surface area contributed by atoms with Crippen LogP contribution < -0.4 is 5.32 Å². The maximum Gasteiger partial charge on any atom is 0.262 e. The summed E-state index contributed by atoms with van der Waals surface area (Å²) in [4.78, 5) is 4.01. The predicted molar refractivity (Wildman–Crippen MR) is 72.6 cm³/mol. The molecule has 0 aromatic carbocycles. The first kappa shape index (κ1) is 14.2. The minimum Gasteiger partial charge on any atom is -0.386 e. The summed E-state index contributed by atoms with van der Waals surface area (Å²) < 4.78 is 32.1. The topological polar surface area (TPSA) is 71.5 Å². The zero-order valence-electron chi connectivity index (χ0n) is 11.2. The standard InChI is InChI=1S/C12H19N3O3S/c1-3-10-9-15(7-8-18-10)19(16,17)12-11(13-2)5-4-6-14-12/h4-6,10,13H,3,7-9H2,1-2H3. The normalized spacial score (nSPS) is 21.3. The van der Waals surface area contributed by atoms with Gasteiger partial charge < -0.3 is 10.1 Å². The second-order valence-corrected chi connectivity index (χ2v) is 6.22. The smallest absolute Gasteiger partial charge is 0.262 e. The zero-order chi connectivity index (χ0) is 13.9. The van der Waals surface area contributed by atoms with Crippen LogP contribution in [-0.2, 0) is 14.8 Å². The number of hydrogen-bond acceptors (Lipinski definition) is 5. The number of morpholine rings is 1. The van der Waals surface area contributed by atoms with Gasteiger partial charge in [0.05, 0.1) is 18.4 Å². The van der Waals surface area contributed by atoms with E-state index in [0.717, 1.165) is 6.42 Å². The number of nitrogens with one attached hydrogen (secondary N) is 1. The predicted octanol–water partition coefficient (Wildman–Crippen LogP) is 0.923. The van der Waals surface area contributed by atoms with Crippen LogP contribution in [0.3, 0.4) is 0 Å². The van der Waals surface area contributed by atoms with Crippen molar-refractivity contribution in [3.05, 3.63) is 18.3 Å². The summed E-state index contributed by atoms with van der Waals surface area (Å²) in [5.41, 5.74) is 0.516. The van der Waals surface area contributed by atoms with Crippen molar-refractivity contribution in [2.45, 2.75) is 24.5 Å². The van der Waals surface area contributed by atoms with Crippen LogP contribution in [-0.4, -0.2) is 50.6 Å². The van der Waals surface area contributed by atoms with E-state index in [1.165, 1.54) is 10.5 Å². The van der Waals surface area contributed by atoms with E-state index in [9.17, 15) is 8.42 Å². The highest BCUT2D eigenvalue weighted by Crippen LogP contribution is 2.23. The first-order chi connectivity index (χ1) is 9.09. The van der Waals surface area contributed by atoms with Crippen LogP contribution in [0.15, 0.2) is 23.4 Å². The third kappa shape index (κ3) is 2.88. The van der Waals surface area contributed by atoms with Gasteiger partial charge in [-0.05, 0) is 18.6 Å². The molecule has 1 unspecified atom stereocenters. The lowest BCUT2D eigenvalue weighted by atomic mass is 10.2. The number of anilines is 1. The summed E-state index contributed by atoms with van der Waals surface area (Å²) in [5, 5.41) is 2.94. The Morgan fingerprint density at radius 1 is 1.58 bits per heavy atom. The largest absolute Gasteiger partial charge is 0.386 e. The number of rotatable bonds is 4. The summed E-state index contributed by atoms with van der Waals surface area (Å²) in [7, 11) is -1.88. The van der Waals surface area contributed by atoms with E-state index in [2.05, 4.69) is 10.3 Å². The van der Waals surface area contributed by atoms with E-state index in [0.29, 0.717) is 25.4 Å². The summed E-state index contributed by atoms with van der Waals surface area (Å²) in [6.07, 6.45) is 2.25. The average molecular weight is 285 g/mol. The molecular formula is C12H19N3O3S. The number of sulfonamides is 1. The minimum atomic E-state index is -3.57. The van der Waals surface area contributed by atoms with E-state index >= 15 is 0 Å². The van der Waals surface area contributed by atoms with Gasteiger partial charge in [-0.1, -0.05) is 6.92 Å². The van der Waals surface area contributed by atoms with Gasteiger partial charge in [-0.15, -0.1) is 0 Å². The van der Waals surface area contributed by atoms with Gasteiger partial charge in [0.15, 0.2) is 5.03 Å². The van der Waals surface area contributed by atoms with Crippen molar-refractivity contribution in [2.75, 3.05) is 32.1 Å². The quantitative estimate of drug-likeness (QED) is 0.891. The van der Waals surface area contributed by atoms with Gasteiger partial charge in [0.1, 0.15) is 0 Å². The highest BCUT2D eigenvalue weighted by Gasteiger charge is 2.32. The number of nitrogens with zero attached hydrogens (tertiary/aromatic N) is 2. The van der Waals surface area contributed by atoms with Crippen LogP contribution in [0, 0.1) is 0 Å². The lowest BCUT2D eigenvalue weighted by molar-refractivity contribution is -0.00283. The molecule has 1 aromatic rings. The molecule has 6 nitrogen and oxygen atoms in total. The van der Waals surface area contributed by atoms with Crippen molar-refractivity contribution in [3.63, 3.8) is 0 Å². The Kier molecular flexibility index (Phi) is 4.38. The number of hydrogen-bond donors (Lipinski definition) is 1. The fourth-order valence-electron chi connectivity index (χ4n) is 2.07. The van der Waals surface area contributed by atoms with Crippen molar-refractivity contribution >= 4 is 15.7 Å². The van der Waals surface area contributed by atoms with Crippen LogP contribution in [0.1, 0.15) is 13.3 Å². The SMILES string of the molecule is CCC1CN(S(=O)(=O)c2ncccc2NC)CCO1. The van der Waals surface area contributed by atoms with Gasteiger partial charge in [-0.2, -0.15) is 4.31 Å². The van der Waals surface area contributed by atoms with Crippen molar-refractivity contribution in [1.82, 2.24) is 9.29 Å². The van der Waals surface area contributed by atoms with Gasteiger partial charge in [-0.25, -0.2) is 13.4 Å². The third-order valence-corrected chi connectivity index (χ3v) is 5.01. The molecule has 1 atom stereocenters. The minimum absolute atomic E-state index is 0.0368. The summed E-state index contributed by atoms with van der Waals surface area (Å²) in [5.74, 6) is 0. The fraction of sp³-hybridized carbons (Fsp3) is 0.583. The summed E-state index contributed by atoms with van der Waals surface area (Å²) in [6.45, 7) is 3.18. The van der Waals surface area contributed by atoms with Crippen LogP contribution in [0.2, 0.25) is 0 Å². The second-order valence-electron chi connectivity index (χ2n) is 4.37. The molecular weight excluding hydrogens is 266 g/mol. The Hall–Kier alpha value is -1.18. The molecule has 1 aromatic heterocycles. The Bertz CT molecular complexity index is 533. The summed E-state index contributed by atoms with van der Waals surface area (Å²) >= 11 is 0. The van der Waals surface area contributed by atoms with Crippen LogP contribution in [0.5, 0.6) is 0 Å². The first-order valence-electron chi connectivity index (χ1n) is 6.34. The molecule has 2 rings (SSSR count). The molecule has 0 aliphatic carbocycles. The molecule has 1 fully saturated rings. The van der Waals surface area contributed by atoms with E-state index < -0.39 is 10.0 Å². The zero-order valence-corrected chi connectivity index (χ0v) is 12.0. The molecule has 0 radical (unpaired) electrons. The number of pyridine rings is 1. The van der Waals surface area contributed by atoms with Gasteiger partial charge in [0.2, 0.25) is 0 Å². The van der Waals surface area contributed by atoms with Crippen LogP contribution >= 0.6 is 0 Å². The van der Waals surface area contributed by atoms with Gasteiger partial charge >= 0.3 is 0 Å². The van der Waals surface area contributed by atoms with E-state index in [1.807, 2.05) is 6.92 Å². The molecule has 19 heavy (non-hydrogen) atoms. The molecule has 1 saturated heterocycles. The second kappa shape index (κ2) is 5.85. The maximum atomic E-state index is 12.6. The molecule has 2 heterocycles. The van der Waals surface area contributed by atoms with Crippen molar-refractivity contribution < 1.29 is 13.2 Å². The van der Waals surface area contributed by atoms with Crippen LogP contribution in [0.25, 0.3) is 0 Å². The number of aromatic nitrogens is 1. The molecule has 0 bridgehead atoms. The van der Waals surface area contributed by atoms with Crippen LogP contribution in [0.4, 0.5) is 5.69 Å². The highest BCUT2D eigenvalue weighted by molar-refractivity contribution is 7.89. The van der Waals surface area contributed by atoms with E-state index in [4.69, 9.17) is 4.74 Å². The third-order valence-electron chi connectivity index (χ3n) is 3.18. The Balaban J connectivity index is 2.31. The summed E-state index contributed by atoms with van der Waals surface area (Å²) in [6, 6.07) is 3.41. The molecule has 1 aliphatic rings. The molecule has 1 N–H and O–H groups in total. The fourth-order valence-corrected chi connectivity index (χ4v) is 3.63. The van der Waals surface area contributed by atoms with Crippen molar-refractivity contribution in [1.29, 1.82) is 0 Å². The average Bonchev–Trinajstić information content (AvgIpc) is 2.47. The molecule has 7 heteroatoms. The Morgan fingerprint density at radius 2 is 2.37 bits per heavy atom.